The Balaban J connectivity index is 1.78. The van der Waals surface area contributed by atoms with E-state index in [0.29, 0.717) is 23.1 Å². The zero-order chi connectivity index (χ0) is 30.3. The minimum atomic E-state index is -4.50. The second-order valence-corrected chi connectivity index (χ2v) is 12.3. The van der Waals surface area contributed by atoms with Gasteiger partial charge in [0.05, 0.1) is 12.1 Å². The molecule has 1 aliphatic rings. The predicted molar refractivity (Wildman–Crippen MR) is 143 cm³/mol. The molecule has 2 N–H and O–H groups in total. The van der Waals surface area contributed by atoms with Crippen molar-refractivity contribution in [1.82, 2.24) is 15.1 Å². The minimum absolute atomic E-state index is 0.0213. The third-order valence-corrected chi connectivity index (χ3v) is 7.37. The van der Waals surface area contributed by atoms with Crippen molar-refractivity contribution in [1.29, 1.82) is 0 Å². The molecule has 2 aromatic carbocycles. The van der Waals surface area contributed by atoms with Gasteiger partial charge in [0.25, 0.3) is 5.91 Å². The third-order valence-electron chi connectivity index (χ3n) is 6.58. The largest absolute Gasteiger partial charge is 0.484 e. The molecule has 2 amide bonds. The lowest BCUT2D eigenvalue weighted by atomic mass is 9.85. The number of alkyl halides is 3. The van der Waals surface area contributed by atoms with Crippen LogP contribution in [0.3, 0.4) is 0 Å². The average Bonchev–Trinajstić information content (AvgIpc) is 3.20. The molecule has 2 heterocycles. The van der Waals surface area contributed by atoms with Crippen molar-refractivity contribution in [2.24, 2.45) is 0 Å². The lowest BCUT2D eigenvalue weighted by Gasteiger charge is -2.37. The number of nitrogens with one attached hydrogen (secondary N) is 2. The van der Waals surface area contributed by atoms with Crippen LogP contribution < -0.4 is 15.4 Å². The van der Waals surface area contributed by atoms with Crippen LogP contribution in [0.1, 0.15) is 41.0 Å². The summed E-state index contributed by atoms with van der Waals surface area (Å²) in [5.74, 6) is -2.92. The molecule has 0 saturated carbocycles. The quantitative estimate of drug-likeness (QED) is 0.378. The number of halogens is 4. The predicted octanol–water partition coefficient (Wildman–Crippen LogP) is 4.14. The molecule has 1 aliphatic heterocycles. The molecule has 0 bridgehead atoms. The van der Waals surface area contributed by atoms with E-state index in [1.54, 1.807) is 32.9 Å². The van der Waals surface area contributed by atoms with Crippen molar-refractivity contribution in [3.05, 3.63) is 64.6 Å². The Morgan fingerprint density at radius 1 is 1.22 bits per heavy atom. The summed E-state index contributed by atoms with van der Waals surface area (Å²) in [5.41, 5.74) is 0.682. The number of sulfone groups is 1. The second-order valence-electron chi connectivity index (χ2n) is 10.2. The number of ether oxygens (including phenoxy) is 1. The fourth-order valence-corrected chi connectivity index (χ4v) is 5.29. The van der Waals surface area contributed by atoms with Crippen LogP contribution in [0.2, 0.25) is 0 Å². The Morgan fingerprint density at radius 3 is 2.54 bits per heavy atom. The zero-order valence-corrected chi connectivity index (χ0v) is 23.5. The summed E-state index contributed by atoms with van der Waals surface area (Å²) in [7, 11) is -3.70. The number of anilines is 1. The molecule has 1 aromatic heterocycles. The standard InChI is InChI=1S/C27H28F4N4O5S/c1-5-16-10-18(40-14-27(29,30)31)8-9-19(16)26(3)13-35-24(25(37)33-26)23(32-21(36)12-41(4,38)39)22(34-35)17-7-6-15(2)20(28)11-17/h6-11H,5,12-14H2,1-4H3,(H,32,36)(H,33,37)/t26-/m1/s1. The van der Waals surface area contributed by atoms with Gasteiger partial charge >= 0.3 is 6.18 Å². The van der Waals surface area contributed by atoms with E-state index in [2.05, 4.69) is 15.7 Å². The van der Waals surface area contributed by atoms with Gasteiger partial charge in [-0.3, -0.25) is 14.3 Å². The van der Waals surface area contributed by atoms with Crippen LogP contribution in [0.5, 0.6) is 5.75 Å². The maximum Gasteiger partial charge on any atom is 0.422 e. The third kappa shape index (κ3) is 6.69. The molecule has 3 aromatic rings. The van der Waals surface area contributed by atoms with Gasteiger partial charge in [0.1, 0.15) is 28.7 Å². The Hall–Kier alpha value is -3.94. The molecule has 0 spiro atoms. The number of nitrogens with zero attached hydrogens (tertiary/aromatic N) is 2. The van der Waals surface area contributed by atoms with Gasteiger partial charge < -0.3 is 15.4 Å². The van der Waals surface area contributed by atoms with Gasteiger partial charge in [-0.15, -0.1) is 0 Å². The smallest absolute Gasteiger partial charge is 0.422 e. The van der Waals surface area contributed by atoms with Gasteiger partial charge in [-0.1, -0.05) is 25.1 Å². The Bertz CT molecular complexity index is 1630. The first kappa shape index (κ1) is 30.0. The molecule has 0 fully saturated rings. The van der Waals surface area contributed by atoms with E-state index in [1.807, 2.05) is 0 Å². The number of amides is 2. The molecule has 220 valence electrons. The number of carbonyl (C=O) groups excluding carboxylic acids is 2. The fourth-order valence-electron chi connectivity index (χ4n) is 4.74. The lowest BCUT2D eigenvalue weighted by Crippen LogP contribution is -2.52. The molecule has 9 nitrogen and oxygen atoms in total. The van der Waals surface area contributed by atoms with E-state index in [9.17, 15) is 35.6 Å². The number of rotatable bonds is 8. The van der Waals surface area contributed by atoms with Gasteiger partial charge in [0.2, 0.25) is 5.91 Å². The van der Waals surface area contributed by atoms with Crippen molar-refractivity contribution < 1.29 is 40.3 Å². The van der Waals surface area contributed by atoms with E-state index >= 15 is 0 Å². The first-order chi connectivity index (χ1) is 19.0. The normalized spacial score (nSPS) is 17.1. The van der Waals surface area contributed by atoms with Gasteiger partial charge in [-0.05, 0) is 55.2 Å². The number of hydrogen-bond acceptors (Lipinski definition) is 6. The number of fused-ring (bicyclic) bond motifs is 1. The monoisotopic (exact) mass is 596 g/mol. The topological polar surface area (TPSA) is 119 Å². The lowest BCUT2D eigenvalue weighted by molar-refractivity contribution is -0.153. The zero-order valence-electron chi connectivity index (χ0n) is 22.6. The van der Waals surface area contributed by atoms with Crippen molar-refractivity contribution in [3.8, 4) is 17.0 Å². The molecule has 0 unspecified atom stereocenters. The molecule has 0 aliphatic carbocycles. The summed E-state index contributed by atoms with van der Waals surface area (Å²) in [4.78, 5) is 26.1. The van der Waals surface area contributed by atoms with Gasteiger partial charge in [-0.2, -0.15) is 18.3 Å². The van der Waals surface area contributed by atoms with Crippen molar-refractivity contribution in [3.63, 3.8) is 0 Å². The maximum absolute atomic E-state index is 14.5. The summed E-state index contributed by atoms with van der Waals surface area (Å²) >= 11 is 0. The number of aryl methyl sites for hydroxylation is 2. The van der Waals surface area contributed by atoms with Crippen LogP contribution in [-0.2, 0) is 33.1 Å². The number of aromatic nitrogens is 2. The van der Waals surface area contributed by atoms with E-state index in [1.165, 1.54) is 28.9 Å². The summed E-state index contributed by atoms with van der Waals surface area (Å²) in [6.45, 7) is 3.67. The minimum Gasteiger partial charge on any atom is -0.484 e. The van der Waals surface area contributed by atoms with Crippen LogP contribution in [0.4, 0.5) is 23.2 Å². The fraction of sp³-hybridized carbons (Fsp3) is 0.370. The van der Waals surface area contributed by atoms with E-state index in [0.717, 1.165) is 6.26 Å². The highest BCUT2D eigenvalue weighted by Crippen LogP contribution is 2.38. The molecular formula is C27H28F4N4O5S. The molecule has 14 heteroatoms. The number of benzene rings is 2. The highest BCUT2D eigenvalue weighted by Gasteiger charge is 2.41. The molecular weight excluding hydrogens is 568 g/mol. The SMILES string of the molecule is CCc1cc(OCC(F)(F)F)ccc1[C@@]1(C)Cn2nc(-c3ccc(C)c(F)c3)c(NC(=O)CS(C)(=O)=O)c2C(=O)N1. The van der Waals surface area contributed by atoms with Crippen LogP contribution in [-0.4, -0.2) is 54.8 Å². The van der Waals surface area contributed by atoms with E-state index in [4.69, 9.17) is 4.74 Å². The number of hydrogen-bond donors (Lipinski definition) is 2. The van der Waals surface area contributed by atoms with Crippen LogP contribution in [0.15, 0.2) is 36.4 Å². The van der Waals surface area contributed by atoms with Crippen molar-refractivity contribution in [2.75, 3.05) is 23.9 Å². The van der Waals surface area contributed by atoms with E-state index in [-0.39, 0.29) is 34.9 Å². The van der Waals surface area contributed by atoms with Crippen molar-refractivity contribution in [2.45, 2.75) is 45.5 Å². The Morgan fingerprint density at radius 2 is 1.93 bits per heavy atom. The van der Waals surface area contributed by atoms with Gasteiger partial charge in [0.15, 0.2) is 22.1 Å². The van der Waals surface area contributed by atoms with Gasteiger partial charge in [-0.25, -0.2) is 12.8 Å². The van der Waals surface area contributed by atoms with Crippen LogP contribution >= 0.6 is 0 Å². The summed E-state index contributed by atoms with van der Waals surface area (Å²) in [6.07, 6.45) is -3.20. The molecule has 0 radical (unpaired) electrons. The Labute approximate surface area is 233 Å². The van der Waals surface area contributed by atoms with Crippen molar-refractivity contribution >= 4 is 27.3 Å². The van der Waals surface area contributed by atoms with E-state index < -0.39 is 51.5 Å². The molecule has 0 saturated heterocycles. The molecule has 4 rings (SSSR count). The summed E-state index contributed by atoms with van der Waals surface area (Å²) in [6, 6.07) is 8.70. The first-order valence-electron chi connectivity index (χ1n) is 12.5. The molecule has 1 atom stereocenters. The highest BCUT2D eigenvalue weighted by atomic mass is 32.2. The highest BCUT2D eigenvalue weighted by molar-refractivity contribution is 7.91. The summed E-state index contributed by atoms with van der Waals surface area (Å²) in [5, 5.41) is 9.88. The van der Waals surface area contributed by atoms with Gasteiger partial charge in [0, 0.05) is 11.8 Å². The number of carbonyl (C=O) groups is 2. The van der Waals surface area contributed by atoms with Crippen LogP contribution in [0.25, 0.3) is 11.3 Å². The Kier molecular flexibility index (Phi) is 7.91. The average molecular weight is 597 g/mol. The molecule has 41 heavy (non-hydrogen) atoms. The second kappa shape index (κ2) is 10.8. The van der Waals surface area contributed by atoms with Crippen LogP contribution in [0, 0.1) is 12.7 Å². The maximum atomic E-state index is 14.5. The summed E-state index contributed by atoms with van der Waals surface area (Å²) < 4.78 is 82.0. The first-order valence-corrected chi connectivity index (χ1v) is 14.6.